The Hall–Kier alpha value is -3.96. The van der Waals surface area contributed by atoms with Crippen molar-refractivity contribution in [3.05, 3.63) is 59.2 Å². The lowest BCUT2D eigenvalue weighted by atomic mass is 9.85. The van der Waals surface area contributed by atoms with Crippen LogP contribution < -0.4 is 20.7 Å². The van der Waals surface area contributed by atoms with Crippen LogP contribution in [0.1, 0.15) is 35.6 Å². The van der Waals surface area contributed by atoms with Gasteiger partial charge >= 0.3 is 0 Å². The van der Waals surface area contributed by atoms with E-state index in [1.807, 2.05) is 24.1 Å². The summed E-state index contributed by atoms with van der Waals surface area (Å²) >= 11 is 0. The first-order chi connectivity index (χ1) is 17.3. The molecule has 36 heavy (non-hydrogen) atoms. The fourth-order valence-electron chi connectivity index (χ4n) is 5.62. The number of amides is 3. The summed E-state index contributed by atoms with van der Waals surface area (Å²) in [6, 6.07) is 11.6. The number of benzene rings is 2. The molecule has 3 amide bonds. The molecule has 188 valence electrons. The molecule has 0 bridgehead atoms. The Bertz CT molecular complexity index is 1230. The van der Waals surface area contributed by atoms with Crippen LogP contribution in [0.4, 0.5) is 0 Å². The summed E-state index contributed by atoms with van der Waals surface area (Å²) in [7, 11) is 1.84. The Morgan fingerprint density at radius 3 is 2.50 bits per heavy atom. The first kappa shape index (κ1) is 23.8. The summed E-state index contributed by atoms with van der Waals surface area (Å²) in [4.78, 5) is 42.4. The lowest BCUT2D eigenvalue weighted by Gasteiger charge is -2.30. The van der Waals surface area contributed by atoms with E-state index in [2.05, 4.69) is 0 Å². The normalized spacial score (nSPS) is 24.8. The quantitative estimate of drug-likeness (QED) is 0.147. The van der Waals surface area contributed by atoms with E-state index in [-0.39, 0.29) is 43.5 Å². The number of hydrogen-bond donors (Lipinski definition) is 4. The number of rotatable bonds is 7. The Kier molecular flexibility index (Phi) is 6.10. The maximum atomic E-state index is 13.7. The van der Waals surface area contributed by atoms with Crippen molar-refractivity contribution in [1.82, 2.24) is 15.3 Å². The maximum absolute atomic E-state index is 13.7. The molecule has 3 heterocycles. The van der Waals surface area contributed by atoms with Crippen molar-refractivity contribution in [2.24, 2.45) is 17.6 Å². The van der Waals surface area contributed by atoms with Crippen LogP contribution in [0.25, 0.3) is 0 Å². The smallest absolute Gasteiger partial charge is 0.243 e. The summed E-state index contributed by atoms with van der Waals surface area (Å²) < 4.78 is 10.8. The first-order valence-corrected chi connectivity index (χ1v) is 11.6. The number of amidine groups is 1. The van der Waals surface area contributed by atoms with Gasteiger partial charge in [-0.15, -0.1) is 0 Å². The number of likely N-dealkylation sites (tertiary alicyclic amines) is 2. The molecule has 2 aromatic rings. The molecule has 5 rings (SSSR count). The Morgan fingerprint density at radius 2 is 1.81 bits per heavy atom. The van der Waals surface area contributed by atoms with Crippen LogP contribution in [0, 0.1) is 17.2 Å². The van der Waals surface area contributed by atoms with Crippen molar-refractivity contribution < 1.29 is 29.1 Å². The number of hydrogen-bond acceptors (Lipinski definition) is 8. The molecule has 0 saturated carbocycles. The van der Waals surface area contributed by atoms with E-state index in [4.69, 9.17) is 25.8 Å². The molecular formula is C25H27N5O6. The molecule has 0 aromatic heterocycles. The third kappa shape index (κ3) is 3.95. The number of imide groups is 1. The fraction of sp³-hybridized carbons (Fsp3) is 0.360. The number of nitrogen functional groups attached to an aromatic ring is 1. The third-order valence-corrected chi connectivity index (χ3v) is 7.34. The zero-order valence-corrected chi connectivity index (χ0v) is 19.6. The summed E-state index contributed by atoms with van der Waals surface area (Å²) in [6.07, 6.45) is 0.303. The molecule has 0 spiro atoms. The van der Waals surface area contributed by atoms with Crippen LogP contribution in [0.3, 0.4) is 0 Å². The molecule has 3 aliphatic heterocycles. The van der Waals surface area contributed by atoms with E-state index in [1.54, 1.807) is 35.8 Å². The van der Waals surface area contributed by atoms with Gasteiger partial charge < -0.3 is 15.2 Å². The van der Waals surface area contributed by atoms with E-state index in [0.717, 1.165) is 11.1 Å². The zero-order chi connectivity index (χ0) is 25.6. The number of ether oxygens (including phenoxy) is 2. The summed E-state index contributed by atoms with van der Waals surface area (Å²) in [5.41, 5.74) is 9.34. The van der Waals surface area contributed by atoms with Gasteiger partial charge in [0, 0.05) is 24.1 Å². The minimum Gasteiger partial charge on any atom is -0.454 e. The molecule has 11 heteroatoms. The monoisotopic (exact) mass is 493 g/mol. The largest absolute Gasteiger partial charge is 0.454 e. The molecule has 4 atom stereocenters. The SMILES string of the molecule is CN1[C@@H](CCC(=O)NO)[C@@H]2C(=O)N(Cc3ccc4c(c3)OCO4)C(=O)[C@@H]2[C@@H]1c1ccc(C(=N)N)cc1. The highest BCUT2D eigenvalue weighted by atomic mass is 16.7. The average Bonchev–Trinajstić information content (AvgIpc) is 3.52. The minimum absolute atomic E-state index is 0.00829. The Labute approximate surface area is 207 Å². The lowest BCUT2D eigenvalue weighted by molar-refractivity contribution is -0.142. The van der Waals surface area contributed by atoms with Crippen molar-refractivity contribution in [2.45, 2.75) is 31.5 Å². The zero-order valence-electron chi connectivity index (χ0n) is 19.6. The van der Waals surface area contributed by atoms with Crippen molar-refractivity contribution in [1.29, 1.82) is 5.41 Å². The van der Waals surface area contributed by atoms with Gasteiger partial charge in [-0.3, -0.25) is 34.8 Å². The van der Waals surface area contributed by atoms with Gasteiger partial charge in [-0.2, -0.15) is 0 Å². The fourth-order valence-corrected chi connectivity index (χ4v) is 5.62. The van der Waals surface area contributed by atoms with Crippen LogP contribution in [-0.4, -0.2) is 58.4 Å². The minimum atomic E-state index is -0.638. The van der Waals surface area contributed by atoms with E-state index in [0.29, 0.717) is 23.5 Å². The number of nitrogens with two attached hydrogens (primary N) is 1. The van der Waals surface area contributed by atoms with Gasteiger partial charge in [0.05, 0.1) is 18.4 Å². The molecule has 2 fully saturated rings. The van der Waals surface area contributed by atoms with Gasteiger partial charge in [-0.25, -0.2) is 5.48 Å². The molecular weight excluding hydrogens is 466 g/mol. The number of carbonyl (C=O) groups is 3. The third-order valence-electron chi connectivity index (χ3n) is 7.34. The van der Waals surface area contributed by atoms with Gasteiger partial charge in [0.25, 0.3) is 0 Å². The molecule has 3 aliphatic rings. The molecule has 2 saturated heterocycles. The van der Waals surface area contributed by atoms with E-state index >= 15 is 0 Å². The van der Waals surface area contributed by atoms with Crippen LogP contribution in [0.15, 0.2) is 42.5 Å². The van der Waals surface area contributed by atoms with Gasteiger partial charge in [0.15, 0.2) is 11.5 Å². The van der Waals surface area contributed by atoms with Gasteiger partial charge in [0.1, 0.15) is 5.84 Å². The standard InChI is InChI=1S/C25H27N5O6/c1-29-16(7-9-19(31)28-34)20-21(22(29)14-3-5-15(6-4-14)23(26)27)25(33)30(24(20)32)11-13-2-8-17-18(10-13)36-12-35-17/h2-6,8,10,16,20-22,34H,7,9,11-12H2,1H3,(H3,26,27)(H,28,31)/t16-,20-,21-,22-/m0/s1. The maximum Gasteiger partial charge on any atom is 0.243 e. The average molecular weight is 494 g/mol. The predicted octanol–water partition coefficient (Wildman–Crippen LogP) is 1.14. The Morgan fingerprint density at radius 1 is 1.11 bits per heavy atom. The van der Waals surface area contributed by atoms with Gasteiger partial charge in [-0.05, 0) is 36.7 Å². The predicted molar refractivity (Wildman–Crippen MR) is 126 cm³/mol. The number of carbonyl (C=O) groups excluding carboxylic acids is 3. The second-order valence-corrected chi connectivity index (χ2v) is 9.29. The van der Waals surface area contributed by atoms with E-state index < -0.39 is 23.8 Å². The van der Waals surface area contributed by atoms with Crippen LogP contribution in [0.2, 0.25) is 0 Å². The summed E-state index contributed by atoms with van der Waals surface area (Å²) in [5.74, 6) is -1.26. The molecule has 0 aliphatic carbocycles. The molecule has 5 N–H and O–H groups in total. The highest BCUT2D eigenvalue weighted by molar-refractivity contribution is 6.06. The van der Waals surface area contributed by atoms with E-state index in [9.17, 15) is 14.4 Å². The van der Waals surface area contributed by atoms with Crippen molar-refractivity contribution >= 4 is 23.6 Å². The highest BCUT2D eigenvalue weighted by Gasteiger charge is 2.61. The highest BCUT2D eigenvalue weighted by Crippen LogP contribution is 2.50. The van der Waals surface area contributed by atoms with Crippen molar-refractivity contribution in [2.75, 3.05) is 13.8 Å². The number of fused-ring (bicyclic) bond motifs is 2. The van der Waals surface area contributed by atoms with Crippen molar-refractivity contribution in [3.8, 4) is 11.5 Å². The van der Waals surface area contributed by atoms with Crippen molar-refractivity contribution in [3.63, 3.8) is 0 Å². The Balaban J connectivity index is 1.46. The van der Waals surface area contributed by atoms with Crippen LogP contribution >= 0.6 is 0 Å². The number of nitrogens with one attached hydrogen (secondary N) is 2. The molecule has 11 nitrogen and oxygen atoms in total. The second-order valence-electron chi connectivity index (χ2n) is 9.29. The van der Waals surface area contributed by atoms with Crippen LogP contribution in [0.5, 0.6) is 11.5 Å². The first-order valence-electron chi connectivity index (χ1n) is 11.6. The number of nitrogens with zero attached hydrogens (tertiary/aromatic N) is 2. The van der Waals surface area contributed by atoms with Gasteiger partial charge in [-0.1, -0.05) is 30.3 Å². The summed E-state index contributed by atoms with van der Waals surface area (Å²) in [6.45, 7) is 0.231. The molecule has 0 unspecified atom stereocenters. The van der Waals surface area contributed by atoms with Crippen LogP contribution in [-0.2, 0) is 20.9 Å². The number of hydroxylamine groups is 1. The lowest BCUT2D eigenvalue weighted by Crippen LogP contribution is -2.40. The van der Waals surface area contributed by atoms with Gasteiger partial charge in [0.2, 0.25) is 24.5 Å². The van der Waals surface area contributed by atoms with E-state index in [1.165, 1.54) is 4.90 Å². The summed E-state index contributed by atoms with van der Waals surface area (Å²) in [5, 5.41) is 16.6. The molecule has 0 radical (unpaired) electrons. The second kappa shape index (κ2) is 9.25. The molecule has 2 aromatic carbocycles. The topological polar surface area (TPSA) is 158 Å².